The molecule has 2 radical (unpaired) electrons. The van der Waals surface area contributed by atoms with Gasteiger partial charge >= 0.3 is 24.7 Å². The maximum absolute atomic E-state index is 13.1. The van der Waals surface area contributed by atoms with Crippen LogP contribution in [0.4, 0.5) is 52.7 Å². The number of aliphatic hydroxyl groups is 1. The second-order valence-electron chi connectivity index (χ2n) is 25.3. The number of carbonyl (C=O) groups is 4. The summed E-state index contributed by atoms with van der Waals surface area (Å²) in [5, 5.41) is 18.2. The van der Waals surface area contributed by atoms with Crippen molar-refractivity contribution in [2.45, 2.75) is 131 Å². The number of amides is 4. The van der Waals surface area contributed by atoms with Crippen molar-refractivity contribution in [3.05, 3.63) is 252 Å². The first-order valence-corrected chi connectivity index (χ1v) is 35.1. The molecule has 0 aromatic heterocycles. The molecule has 0 heterocycles. The Kier molecular flexibility index (Phi) is 32.5. The number of nitrogens with one attached hydrogen (secondary N) is 4. The molecule has 0 bridgehead atoms. The first kappa shape index (κ1) is 87.4. The van der Waals surface area contributed by atoms with Gasteiger partial charge in [0.05, 0.1) is 11.3 Å². The molecule has 8 aromatic carbocycles. The SMILES string of the molecule is O=C(NCC(F)(F)F)C1(CCCCBr)c2ccccc2-c2ccccc21.O=C(NCC(F)(F)F)C1(CCCCO)c2ccccc2-c2ccccc21.O=C(NCC(F)(F)F)C1c2ccccc2-c2ccccc21.[CH2-]CCCC.[CH2-]CCCC1(C(=O)NCC(F)(F)F)c2ccccc2-c2ccccc21.[Y].[Y]. The summed E-state index contributed by atoms with van der Waals surface area (Å²) in [4.78, 5) is 51.4. The molecule has 4 aliphatic rings. The van der Waals surface area contributed by atoms with Gasteiger partial charge in [0.25, 0.3) is 0 Å². The van der Waals surface area contributed by atoms with Crippen molar-refractivity contribution in [3.8, 4) is 44.5 Å². The van der Waals surface area contributed by atoms with Crippen molar-refractivity contribution < 1.29 is 142 Å². The number of aliphatic hydroxyl groups excluding tert-OH is 1. The van der Waals surface area contributed by atoms with Crippen LogP contribution in [0.1, 0.15) is 134 Å². The van der Waals surface area contributed by atoms with Crippen LogP contribution in [0, 0.1) is 13.8 Å². The molecule has 24 heteroatoms. The van der Waals surface area contributed by atoms with E-state index in [2.05, 4.69) is 52.7 Å². The minimum absolute atomic E-state index is 0. The molecule has 0 fully saturated rings. The number of hydrogen-bond acceptors (Lipinski definition) is 5. The standard InChI is InChI=1S/C20H19BrF3NO.C20H20F3NO2.C20H19F3NO.C16H12F3NO.C5H11.2Y/c21-12-6-5-11-19(18(26)25-13-20(22,23)24)16-9-3-1-7-14(16)15-8-2-4-10-17(15)19;21-20(22,23)13-24-18(26)19(11-5-6-12-25)16-9-3-1-7-14(16)15-8-2-4-10-17(15)19;1-2-3-12-19(18(25)24-13-20(21,22)23)16-10-6-4-8-14(16)15-9-5-7-11-17(15)19;17-16(18,19)9-20-15(21)14-12-7-3-1-5-10(12)11-6-2-4-8-13(11)14;1-3-5-4-2;;/h1-4,7-10H,5-6,11-13H2,(H,25,26);1-4,7-10,25H,5-6,11-13H2,(H,24,26);4-11H,1-3,12-13H2,(H,24,25);1-8,14H,9H2,(H,20,21);1,3-5H2,2H3;;/q;;-1;;-1;;. The van der Waals surface area contributed by atoms with Crippen LogP contribution < -0.4 is 21.3 Å². The third-order valence-electron chi connectivity index (χ3n) is 18.6. The maximum atomic E-state index is 13.1. The van der Waals surface area contributed by atoms with Crippen LogP contribution >= 0.6 is 15.9 Å². The fourth-order valence-electron chi connectivity index (χ4n) is 14.2. The van der Waals surface area contributed by atoms with Gasteiger partial charge in [-0.2, -0.15) is 65.5 Å². The molecule has 4 aliphatic carbocycles. The average Bonchev–Trinajstić information content (AvgIpc) is 1.59. The zero-order valence-electron chi connectivity index (χ0n) is 57.8. The zero-order chi connectivity index (χ0) is 74.8. The van der Waals surface area contributed by atoms with Crippen LogP contribution in [-0.4, -0.2) is 91.6 Å². The number of hydrogen-bond donors (Lipinski definition) is 5. The Morgan fingerprint density at radius 3 is 0.867 bits per heavy atom. The summed E-state index contributed by atoms with van der Waals surface area (Å²) in [5.74, 6) is -3.13. The topological polar surface area (TPSA) is 137 Å². The van der Waals surface area contributed by atoms with E-state index in [-0.39, 0.29) is 72.0 Å². The van der Waals surface area contributed by atoms with Gasteiger partial charge in [-0.1, -0.05) is 243 Å². The largest absolute Gasteiger partial charge is 0.405 e. The van der Waals surface area contributed by atoms with Crippen LogP contribution in [0.2, 0.25) is 0 Å². The molecule has 554 valence electrons. The molecule has 0 spiro atoms. The fourth-order valence-corrected chi connectivity index (χ4v) is 14.6. The molecule has 9 nitrogen and oxygen atoms in total. The minimum atomic E-state index is -4.47. The average molecular weight is 1680 g/mol. The van der Waals surface area contributed by atoms with Gasteiger partial charge in [0.1, 0.15) is 37.0 Å². The predicted molar refractivity (Wildman–Crippen MR) is 381 cm³/mol. The Morgan fingerprint density at radius 1 is 0.371 bits per heavy atom. The minimum Gasteiger partial charge on any atom is -0.396 e. The van der Waals surface area contributed by atoms with E-state index in [4.69, 9.17) is 5.11 Å². The smallest absolute Gasteiger partial charge is 0.396 e. The Bertz CT molecular complexity index is 3890. The van der Waals surface area contributed by atoms with E-state index in [0.717, 1.165) is 114 Å². The first-order valence-electron chi connectivity index (χ1n) is 34.0. The summed E-state index contributed by atoms with van der Waals surface area (Å²) in [7, 11) is 0. The van der Waals surface area contributed by atoms with Gasteiger partial charge in [-0.25, -0.2) is 0 Å². The molecular formula is C81H81BrF12N4O5Y2-2. The normalized spacial score (nSPS) is 13.9. The van der Waals surface area contributed by atoms with Crippen molar-refractivity contribution in [2.24, 2.45) is 0 Å². The Labute approximate surface area is 663 Å². The molecule has 4 amide bonds. The van der Waals surface area contributed by atoms with Gasteiger partial charge in [0.2, 0.25) is 23.6 Å². The second kappa shape index (κ2) is 39.0. The molecule has 0 saturated heterocycles. The third kappa shape index (κ3) is 20.8. The molecule has 105 heavy (non-hydrogen) atoms. The van der Waals surface area contributed by atoms with E-state index in [1.807, 2.05) is 151 Å². The van der Waals surface area contributed by atoms with Gasteiger partial charge in [-0.05, 0) is 128 Å². The molecule has 5 N–H and O–H groups in total. The molecule has 12 rings (SSSR count). The molecule has 0 aliphatic heterocycles. The summed E-state index contributed by atoms with van der Waals surface area (Å²) in [5.41, 5.74) is 9.89. The molecule has 0 saturated carbocycles. The van der Waals surface area contributed by atoms with Crippen LogP contribution in [0.15, 0.2) is 194 Å². The van der Waals surface area contributed by atoms with E-state index >= 15 is 0 Å². The van der Waals surface area contributed by atoms with Crippen LogP contribution in [0.25, 0.3) is 44.5 Å². The molecular weight excluding hydrogens is 1590 g/mol. The third-order valence-corrected chi connectivity index (χ3v) is 19.1. The Morgan fingerprint density at radius 2 is 0.619 bits per heavy atom. The van der Waals surface area contributed by atoms with Gasteiger partial charge < -0.3 is 40.2 Å². The molecule has 0 unspecified atom stereocenters. The van der Waals surface area contributed by atoms with Gasteiger partial charge in [-0.15, -0.1) is 0 Å². The zero-order valence-corrected chi connectivity index (χ0v) is 65.1. The van der Waals surface area contributed by atoms with Crippen LogP contribution in [-0.2, 0) is 101 Å². The van der Waals surface area contributed by atoms with Crippen molar-refractivity contribution in [2.75, 3.05) is 38.1 Å². The van der Waals surface area contributed by atoms with Crippen molar-refractivity contribution in [1.82, 2.24) is 21.3 Å². The summed E-state index contributed by atoms with van der Waals surface area (Å²) < 4.78 is 151. The summed E-state index contributed by atoms with van der Waals surface area (Å²) >= 11 is 3.38. The number of carbonyl (C=O) groups excluding carboxylic acids is 4. The summed E-state index contributed by atoms with van der Waals surface area (Å²) in [6, 6.07) is 59.2. The second-order valence-corrected chi connectivity index (χ2v) is 26.1. The van der Waals surface area contributed by atoms with E-state index in [0.29, 0.717) is 44.9 Å². The maximum Gasteiger partial charge on any atom is 0.405 e. The van der Waals surface area contributed by atoms with Gasteiger partial charge in [0, 0.05) is 77.4 Å². The van der Waals surface area contributed by atoms with Gasteiger partial charge in [0.15, 0.2) is 0 Å². The van der Waals surface area contributed by atoms with Crippen molar-refractivity contribution in [3.63, 3.8) is 0 Å². The fraction of sp³-hybridized carbons (Fsp3) is 0.333. The quantitative estimate of drug-likeness (QED) is 0.0211. The number of benzene rings is 8. The van der Waals surface area contributed by atoms with E-state index < -0.39 is 96.7 Å². The molecule has 0 atom stereocenters. The predicted octanol–water partition coefficient (Wildman–Crippen LogP) is 19.1. The number of alkyl halides is 13. The van der Waals surface area contributed by atoms with E-state index in [1.165, 1.54) is 12.8 Å². The van der Waals surface area contributed by atoms with E-state index in [9.17, 15) is 71.9 Å². The summed E-state index contributed by atoms with van der Waals surface area (Å²) in [6.45, 7) is 4.32. The number of halogens is 13. The van der Waals surface area contributed by atoms with E-state index in [1.54, 1.807) is 48.5 Å². The molecule has 8 aromatic rings. The Balaban J connectivity index is 0.000000214. The van der Waals surface area contributed by atoms with Gasteiger partial charge in [-0.3, -0.25) is 19.2 Å². The number of unbranched alkanes of at least 4 members (excludes halogenated alkanes) is 5. The summed E-state index contributed by atoms with van der Waals surface area (Å²) in [6.07, 6.45) is -9.04. The Hall–Kier alpha value is -6.55. The first-order chi connectivity index (χ1) is 49.1. The van der Waals surface area contributed by atoms with Crippen molar-refractivity contribution >= 4 is 39.6 Å². The number of fused-ring (bicyclic) bond motifs is 12. The van der Waals surface area contributed by atoms with Crippen LogP contribution in [0.5, 0.6) is 0 Å². The van der Waals surface area contributed by atoms with Crippen LogP contribution in [0.3, 0.4) is 0 Å². The monoisotopic (exact) mass is 1670 g/mol. The number of rotatable bonds is 21. The van der Waals surface area contributed by atoms with Crippen molar-refractivity contribution in [1.29, 1.82) is 0 Å².